The molecular weight excluding hydrogens is 230 g/mol. The van der Waals surface area contributed by atoms with Gasteiger partial charge in [0.05, 0.1) is 20.1 Å². The van der Waals surface area contributed by atoms with E-state index in [0.717, 1.165) is 17.9 Å². The zero-order valence-corrected chi connectivity index (χ0v) is 10.6. The van der Waals surface area contributed by atoms with Gasteiger partial charge in [0.25, 0.3) is 0 Å². The number of methoxy groups -OCH3 is 1. The second kappa shape index (κ2) is 6.16. The number of para-hydroxylation sites is 1. The molecule has 0 unspecified atom stereocenters. The molecular formula is C13H17N3O2. The van der Waals surface area contributed by atoms with Crippen molar-refractivity contribution in [3.63, 3.8) is 0 Å². The molecule has 1 N–H and O–H groups in total. The van der Waals surface area contributed by atoms with E-state index in [-0.39, 0.29) is 0 Å². The molecule has 1 aromatic heterocycles. The number of hydrogen-bond acceptors (Lipinski definition) is 5. The van der Waals surface area contributed by atoms with Crippen LogP contribution in [0.15, 0.2) is 28.7 Å². The average molecular weight is 247 g/mol. The first-order valence-electron chi connectivity index (χ1n) is 5.97. The Labute approximate surface area is 106 Å². The zero-order valence-electron chi connectivity index (χ0n) is 10.6. The van der Waals surface area contributed by atoms with Crippen LogP contribution in [0.5, 0.6) is 5.75 Å². The van der Waals surface area contributed by atoms with Gasteiger partial charge in [0, 0.05) is 5.56 Å². The summed E-state index contributed by atoms with van der Waals surface area (Å²) in [7, 11) is 1.66. The quantitative estimate of drug-likeness (QED) is 0.843. The maximum absolute atomic E-state index is 5.55. The summed E-state index contributed by atoms with van der Waals surface area (Å²) >= 11 is 0. The molecule has 0 amide bonds. The van der Waals surface area contributed by atoms with E-state index in [1.54, 1.807) is 7.11 Å². The van der Waals surface area contributed by atoms with Gasteiger partial charge >= 0.3 is 0 Å². The molecule has 0 spiro atoms. The standard InChI is InChI=1S/C13H17N3O2/c1-3-14-9-13-16-15-12(18-13)8-10-6-4-5-7-11(10)17-2/h4-7,14H,3,8-9H2,1-2H3. The third-order valence-electron chi connectivity index (χ3n) is 2.57. The van der Waals surface area contributed by atoms with Gasteiger partial charge in [-0.3, -0.25) is 0 Å². The van der Waals surface area contributed by atoms with Crippen LogP contribution >= 0.6 is 0 Å². The van der Waals surface area contributed by atoms with E-state index in [1.165, 1.54) is 0 Å². The van der Waals surface area contributed by atoms with Gasteiger partial charge in [0.2, 0.25) is 11.8 Å². The molecule has 5 nitrogen and oxygen atoms in total. The molecule has 2 aromatic rings. The van der Waals surface area contributed by atoms with E-state index in [1.807, 2.05) is 31.2 Å². The van der Waals surface area contributed by atoms with Gasteiger partial charge < -0.3 is 14.5 Å². The van der Waals surface area contributed by atoms with Crippen molar-refractivity contribution in [1.29, 1.82) is 0 Å². The highest BCUT2D eigenvalue weighted by atomic mass is 16.5. The van der Waals surface area contributed by atoms with E-state index in [4.69, 9.17) is 9.15 Å². The maximum Gasteiger partial charge on any atom is 0.230 e. The predicted octanol–water partition coefficient (Wildman–Crippen LogP) is 1.78. The highest BCUT2D eigenvalue weighted by Crippen LogP contribution is 2.20. The maximum atomic E-state index is 5.55. The highest BCUT2D eigenvalue weighted by molar-refractivity contribution is 5.34. The topological polar surface area (TPSA) is 60.2 Å². The Bertz CT molecular complexity index is 496. The second-order valence-corrected chi connectivity index (χ2v) is 3.86. The summed E-state index contributed by atoms with van der Waals surface area (Å²) in [5, 5.41) is 11.2. The number of nitrogens with one attached hydrogen (secondary N) is 1. The van der Waals surface area contributed by atoms with Gasteiger partial charge in [-0.05, 0) is 12.6 Å². The van der Waals surface area contributed by atoms with Gasteiger partial charge in [0.1, 0.15) is 5.75 Å². The number of rotatable bonds is 6. The Hall–Kier alpha value is -1.88. The van der Waals surface area contributed by atoms with Crippen LogP contribution in [0.2, 0.25) is 0 Å². The van der Waals surface area contributed by atoms with E-state index < -0.39 is 0 Å². The Morgan fingerprint density at radius 3 is 2.78 bits per heavy atom. The Morgan fingerprint density at radius 2 is 2.00 bits per heavy atom. The average Bonchev–Trinajstić information content (AvgIpc) is 2.84. The molecule has 0 aliphatic rings. The molecule has 0 atom stereocenters. The molecule has 1 heterocycles. The predicted molar refractivity (Wildman–Crippen MR) is 67.5 cm³/mol. The van der Waals surface area contributed by atoms with Crippen molar-refractivity contribution in [1.82, 2.24) is 15.5 Å². The number of hydrogen-bond donors (Lipinski definition) is 1. The number of ether oxygens (including phenoxy) is 1. The van der Waals surface area contributed by atoms with Crippen LogP contribution in [-0.4, -0.2) is 23.9 Å². The third-order valence-corrected chi connectivity index (χ3v) is 2.57. The van der Waals surface area contributed by atoms with Gasteiger partial charge in [-0.25, -0.2) is 0 Å². The van der Waals surface area contributed by atoms with Crippen molar-refractivity contribution >= 4 is 0 Å². The van der Waals surface area contributed by atoms with Gasteiger partial charge in [-0.1, -0.05) is 25.1 Å². The zero-order chi connectivity index (χ0) is 12.8. The molecule has 0 bridgehead atoms. The SMILES string of the molecule is CCNCc1nnc(Cc2ccccc2OC)o1. The van der Waals surface area contributed by atoms with Crippen molar-refractivity contribution in [2.75, 3.05) is 13.7 Å². The normalized spacial score (nSPS) is 10.6. The van der Waals surface area contributed by atoms with Gasteiger partial charge in [-0.15, -0.1) is 10.2 Å². The lowest BCUT2D eigenvalue weighted by molar-refractivity contribution is 0.405. The van der Waals surface area contributed by atoms with Crippen LogP contribution < -0.4 is 10.1 Å². The minimum atomic E-state index is 0.586. The van der Waals surface area contributed by atoms with Crippen molar-refractivity contribution in [2.45, 2.75) is 19.9 Å². The lowest BCUT2D eigenvalue weighted by Crippen LogP contribution is -2.11. The molecule has 0 aliphatic carbocycles. The molecule has 96 valence electrons. The van der Waals surface area contributed by atoms with Crippen LogP contribution in [0.3, 0.4) is 0 Å². The molecule has 5 heteroatoms. The number of aromatic nitrogens is 2. The van der Waals surface area contributed by atoms with Crippen LogP contribution in [0.4, 0.5) is 0 Å². The summed E-state index contributed by atoms with van der Waals surface area (Å²) in [6.07, 6.45) is 0.586. The van der Waals surface area contributed by atoms with E-state index in [2.05, 4.69) is 15.5 Å². The van der Waals surface area contributed by atoms with Crippen LogP contribution in [0, 0.1) is 0 Å². The van der Waals surface area contributed by atoms with Gasteiger partial charge in [0.15, 0.2) is 0 Å². The first-order valence-corrected chi connectivity index (χ1v) is 5.97. The molecule has 2 rings (SSSR count). The lowest BCUT2D eigenvalue weighted by Gasteiger charge is -2.05. The molecule has 1 aromatic carbocycles. The first-order chi connectivity index (χ1) is 8.83. The van der Waals surface area contributed by atoms with Gasteiger partial charge in [-0.2, -0.15) is 0 Å². The van der Waals surface area contributed by atoms with Crippen LogP contribution in [0.25, 0.3) is 0 Å². The molecule has 0 radical (unpaired) electrons. The van der Waals surface area contributed by atoms with E-state index in [9.17, 15) is 0 Å². The largest absolute Gasteiger partial charge is 0.496 e. The Kier molecular flexibility index (Phi) is 4.30. The van der Waals surface area contributed by atoms with Crippen molar-refractivity contribution in [3.05, 3.63) is 41.6 Å². The van der Waals surface area contributed by atoms with Crippen LogP contribution in [0.1, 0.15) is 24.3 Å². The van der Waals surface area contributed by atoms with Crippen molar-refractivity contribution in [3.8, 4) is 5.75 Å². The van der Waals surface area contributed by atoms with E-state index in [0.29, 0.717) is 24.7 Å². The number of nitrogens with zero attached hydrogens (tertiary/aromatic N) is 2. The van der Waals surface area contributed by atoms with Crippen LogP contribution in [-0.2, 0) is 13.0 Å². The van der Waals surface area contributed by atoms with Crippen molar-refractivity contribution in [2.24, 2.45) is 0 Å². The molecule has 0 aliphatic heterocycles. The third kappa shape index (κ3) is 3.07. The summed E-state index contributed by atoms with van der Waals surface area (Å²) in [6.45, 7) is 3.52. The summed E-state index contributed by atoms with van der Waals surface area (Å²) in [5.41, 5.74) is 1.04. The van der Waals surface area contributed by atoms with E-state index >= 15 is 0 Å². The fraction of sp³-hybridized carbons (Fsp3) is 0.385. The monoisotopic (exact) mass is 247 g/mol. The second-order valence-electron chi connectivity index (χ2n) is 3.86. The molecule has 0 saturated heterocycles. The highest BCUT2D eigenvalue weighted by Gasteiger charge is 2.09. The summed E-state index contributed by atoms with van der Waals surface area (Å²) < 4.78 is 10.8. The molecule has 18 heavy (non-hydrogen) atoms. The lowest BCUT2D eigenvalue weighted by atomic mass is 10.1. The van der Waals surface area contributed by atoms with Crippen molar-refractivity contribution < 1.29 is 9.15 Å². The summed E-state index contributed by atoms with van der Waals surface area (Å²) in [6, 6.07) is 7.82. The summed E-state index contributed by atoms with van der Waals surface area (Å²) in [4.78, 5) is 0. The number of benzene rings is 1. The Balaban J connectivity index is 2.06. The molecule has 0 saturated carbocycles. The minimum Gasteiger partial charge on any atom is -0.496 e. The molecule has 0 fully saturated rings. The fourth-order valence-electron chi connectivity index (χ4n) is 1.68. The summed E-state index contributed by atoms with van der Waals surface area (Å²) in [5.74, 6) is 2.05. The first kappa shape index (κ1) is 12.6. The smallest absolute Gasteiger partial charge is 0.230 e. The minimum absolute atomic E-state index is 0.586. The fourth-order valence-corrected chi connectivity index (χ4v) is 1.68. The Morgan fingerprint density at radius 1 is 1.22 bits per heavy atom.